The lowest BCUT2D eigenvalue weighted by molar-refractivity contribution is 0.666. The van der Waals surface area contributed by atoms with E-state index in [1.807, 2.05) is 0 Å². The lowest BCUT2D eigenvalue weighted by Gasteiger charge is -2.23. The molecule has 1 heterocycles. The standard InChI is InChI=1S/C55H38N2/c1-55(2)50-32-28-40(33-49(50)47-29-27-38-16-7-9-19-43(38)53(47)55)42-30-31-48(45-21-11-10-20-44(42)45)54-56-51(39-25-23-36(24-26-39)35-13-4-3-5-14-35)34-52(57-54)46-22-12-17-37-15-6-8-18-41(37)46/h3-34H,1-2H3. The molecule has 2 nitrogen and oxygen atoms in total. The second kappa shape index (κ2) is 13.0. The van der Waals surface area contributed by atoms with Gasteiger partial charge < -0.3 is 0 Å². The zero-order chi connectivity index (χ0) is 38.1. The van der Waals surface area contributed by atoms with Gasteiger partial charge in [0.2, 0.25) is 0 Å². The van der Waals surface area contributed by atoms with Gasteiger partial charge in [-0.15, -0.1) is 0 Å². The maximum Gasteiger partial charge on any atom is 0.161 e. The van der Waals surface area contributed by atoms with Gasteiger partial charge in [-0.05, 0) is 95.0 Å². The van der Waals surface area contributed by atoms with E-state index in [4.69, 9.17) is 9.97 Å². The molecular formula is C55H38N2. The highest BCUT2D eigenvalue weighted by atomic mass is 14.9. The van der Waals surface area contributed by atoms with Crippen molar-refractivity contribution in [3.05, 3.63) is 205 Å². The van der Waals surface area contributed by atoms with E-state index in [0.717, 1.165) is 33.5 Å². The quantitative estimate of drug-likeness (QED) is 0.176. The maximum atomic E-state index is 5.37. The molecule has 0 amide bonds. The fraction of sp³-hybridized carbons (Fsp3) is 0.0545. The summed E-state index contributed by atoms with van der Waals surface area (Å²) in [4.78, 5) is 10.7. The van der Waals surface area contributed by atoms with Gasteiger partial charge in [0.25, 0.3) is 0 Å². The van der Waals surface area contributed by atoms with E-state index in [9.17, 15) is 0 Å². The summed E-state index contributed by atoms with van der Waals surface area (Å²) < 4.78 is 0. The highest BCUT2D eigenvalue weighted by molar-refractivity contribution is 6.06. The Bertz CT molecular complexity index is 3190. The van der Waals surface area contributed by atoms with Crippen molar-refractivity contribution in [3.8, 4) is 67.3 Å². The highest BCUT2D eigenvalue weighted by Crippen LogP contribution is 2.52. The van der Waals surface area contributed by atoms with E-state index in [2.05, 4.69) is 208 Å². The van der Waals surface area contributed by atoms with Crippen LogP contribution in [0.4, 0.5) is 0 Å². The average Bonchev–Trinajstić information content (AvgIpc) is 3.51. The van der Waals surface area contributed by atoms with Crippen LogP contribution in [0.3, 0.4) is 0 Å². The van der Waals surface area contributed by atoms with Crippen LogP contribution in [0.15, 0.2) is 194 Å². The molecule has 9 aromatic carbocycles. The van der Waals surface area contributed by atoms with Gasteiger partial charge in [0.1, 0.15) is 0 Å². The molecule has 0 atom stereocenters. The summed E-state index contributed by atoms with van der Waals surface area (Å²) in [7, 11) is 0. The van der Waals surface area contributed by atoms with Gasteiger partial charge in [0.05, 0.1) is 11.4 Å². The molecule has 0 radical (unpaired) electrons. The van der Waals surface area contributed by atoms with E-state index in [1.54, 1.807) is 0 Å². The molecule has 1 aromatic heterocycles. The third kappa shape index (κ3) is 5.40. The summed E-state index contributed by atoms with van der Waals surface area (Å²) in [5, 5.41) is 7.29. The van der Waals surface area contributed by atoms with Crippen molar-refractivity contribution in [1.82, 2.24) is 9.97 Å². The zero-order valence-electron chi connectivity index (χ0n) is 31.9. The molecule has 10 aromatic rings. The van der Waals surface area contributed by atoms with E-state index < -0.39 is 0 Å². The molecule has 0 unspecified atom stereocenters. The number of fused-ring (bicyclic) bond motifs is 7. The molecule has 57 heavy (non-hydrogen) atoms. The van der Waals surface area contributed by atoms with Gasteiger partial charge in [-0.3, -0.25) is 0 Å². The Morgan fingerprint density at radius 3 is 1.68 bits per heavy atom. The Morgan fingerprint density at radius 1 is 0.333 bits per heavy atom. The van der Waals surface area contributed by atoms with Crippen molar-refractivity contribution in [1.29, 1.82) is 0 Å². The van der Waals surface area contributed by atoms with E-state index in [0.29, 0.717) is 5.82 Å². The summed E-state index contributed by atoms with van der Waals surface area (Å²) >= 11 is 0. The predicted octanol–water partition coefficient (Wildman–Crippen LogP) is 14.6. The van der Waals surface area contributed by atoms with Crippen LogP contribution in [-0.4, -0.2) is 9.97 Å². The van der Waals surface area contributed by atoms with Gasteiger partial charge in [-0.25, -0.2) is 9.97 Å². The lowest BCUT2D eigenvalue weighted by Crippen LogP contribution is -2.15. The summed E-state index contributed by atoms with van der Waals surface area (Å²) in [5.74, 6) is 0.710. The minimum atomic E-state index is -0.0952. The molecule has 0 saturated carbocycles. The van der Waals surface area contributed by atoms with Crippen molar-refractivity contribution in [3.63, 3.8) is 0 Å². The van der Waals surface area contributed by atoms with Crippen molar-refractivity contribution < 1.29 is 0 Å². The molecule has 0 fully saturated rings. The summed E-state index contributed by atoms with van der Waals surface area (Å²) in [6.07, 6.45) is 0. The lowest BCUT2D eigenvalue weighted by atomic mass is 9.80. The second-order valence-corrected chi connectivity index (χ2v) is 15.7. The molecule has 0 bridgehead atoms. The third-order valence-electron chi connectivity index (χ3n) is 12.1. The van der Waals surface area contributed by atoms with E-state index >= 15 is 0 Å². The Morgan fingerprint density at radius 2 is 0.895 bits per heavy atom. The number of rotatable bonds is 5. The smallest absolute Gasteiger partial charge is 0.161 e. The van der Waals surface area contributed by atoms with Crippen LogP contribution in [0, 0.1) is 0 Å². The number of aromatic nitrogens is 2. The largest absolute Gasteiger partial charge is 0.228 e. The summed E-state index contributed by atoms with van der Waals surface area (Å²) in [5.41, 5.74) is 15.1. The fourth-order valence-electron chi connectivity index (χ4n) is 9.30. The normalized spacial score (nSPS) is 12.9. The molecular weight excluding hydrogens is 689 g/mol. The topological polar surface area (TPSA) is 25.8 Å². The van der Waals surface area contributed by atoms with Crippen LogP contribution in [0.1, 0.15) is 25.0 Å². The van der Waals surface area contributed by atoms with Crippen molar-refractivity contribution in [2.75, 3.05) is 0 Å². The Hall–Kier alpha value is -7.16. The molecule has 0 saturated heterocycles. The van der Waals surface area contributed by atoms with Gasteiger partial charge in [-0.1, -0.05) is 190 Å². The summed E-state index contributed by atoms with van der Waals surface area (Å²) in [6.45, 7) is 4.73. The molecule has 1 aliphatic carbocycles. The van der Waals surface area contributed by atoms with Crippen molar-refractivity contribution >= 4 is 32.3 Å². The Kier molecular flexibility index (Phi) is 7.55. The van der Waals surface area contributed by atoms with Gasteiger partial charge in [0, 0.05) is 22.1 Å². The Labute approximate surface area is 332 Å². The van der Waals surface area contributed by atoms with Crippen LogP contribution in [-0.2, 0) is 5.41 Å². The average molecular weight is 727 g/mol. The van der Waals surface area contributed by atoms with Gasteiger partial charge >= 0.3 is 0 Å². The monoisotopic (exact) mass is 726 g/mol. The summed E-state index contributed by atoms with van der Waals surface area (Å²) in [6, 6.07) is 70.1. The molecule has 268 valence electrons. The minimum Gasteiger partial charge on any atom is -0.228 e. The maximum absolute atomic E-state index is 5.37. The highest BCUT2D eigenvalue weighted by Gasteiger charge is 2.37. The van der Waals surface area contributed by atoms with Gasteiger partial charge in [-0.2, -0.15) is 0 Å². The number of hydrogen-bond acceptors (Lipinski definition) is 2. The first-order valence-electron chi connectivity index (χ1n) is 19.7. The predicted molar refractivity (Wildman–Crippen MR) is 239 cm³/mol. The van der Waals surface area contributed by atoms with Crippen LogP contribution in [0.25, 0.3) is 99.6 Å². The molecule has 0 spiro atoms. The number of benzene rings is 9. The third-order valence-corrected chi connectivity index (χ3v) is 12.1. The first kappa shape index (κ1) is 33.2. The first-order valence-corrected chi connectivity index (χ1v) is 19.7. The van der Waals surface area contributed by atoms with E-state index in [-0.39, 0.29) is 5.41 Å². The Balaban J connectivity index is 1.07. The molecule has 11 rings (SSSR count). The molecule has 1 aliphatic rings. The molecule has 0 aliphatic heterocycles. The minimum absolute atomic E-state index is 0.0952. The zero-order valence-corrected chi connectivity index (χ0v) is 31.9. The van der Waals surface area contributed by atoms with Crippen LogP contribution < -0.4 is 0 Å². The number of hydrogen-bond donors (Lipinski definition) is 0. The molecule has 2 heteroatoms. The van der Waals surface area contributed by atoms with Crippen LogP contribution in [0.2, 0.25) is 0 Å². The SMILES string of the molecule is CC1(C)c2ccc(-c3ccc(-c4nc(-c5ccc(-c6ccccc6)cc5)cc(-c5cccc6ccccc56)n4)c4ccccc34)cc2-c2ccc3ccccc3c21. The molecule has 0 N–H and O–H groups in total. The van der Waals surface area contributed by atoms with Crippen LogP contribution in [0.5, 0.6) is 0 Å². The second-order valence-electron chi connectivity index (χ2n) is 15.7. The number of nitrogens with zero attached hydrogens (tertiary/aromatic N) is 2. The van der Waals surface area contributed by atoms with Crippen molar-refractivity contribution in [2.24, 2.45) is 0 Å². The first-order chi connectivity index (χ1) is 28.0. The van der Waals surface area contributed by atoms with E-state index in [1.165, 1.54) is 71.4 Å². The van der Waals surface area contributed by atoms with Crippen molar-refractivity contribution in [2.45, 2.75) is 19.3 Å². The van der Waals surface area contributed by atoms with Crippen LogP contribution >= 0.6 is 0 Å². The fourth-order valence-corrected chi connectivity index (χ4v) is 9.30. The van der Waals surface area contributed by atoms with Gasteiger partial charge in [0.15, 0.2) is 5.82 Å².